The van der Waals surface area contributed by atoms with Crippen molar-refractivity contribution in [3.05, 3.63) is 35.4 Å². The van der Waals surface area contributed by atoms with Crippen molar-refractivity contribution in [1.82, 2.24) is 4.90 Å². The second-order valence-electron chi connectivity index (χ2n) is 4.99. The van der Waals surface area contributed by atoms with Gasteiger partial charge in [0.15, 0.2) is 5.84 Å². The molecule has 1 rings (SSSR count). The van der Waals surface area contributed by atoms with Crippen LogP contribution in [-0.4, -0.2) is 34.5 Å². The molecule has 20 heavy (non-hydrogen) atoms. The SMILES string of the molecule is C/C=C\CN(C)/C(=N\N)c1cc(C(C)C)c(O)cc1O. The van der Waals surface area contributed by atoms with Gasteiger partial charge in [-0.05, 0) is 24.5 Å². The van der Waals surface area contributed by atoms with E-state index in [1.54, 1.807) is 6.07 Å². The molecule has 0 spiro atoms. The molecule has 4 N–H and O–H groups in total. The Hall–Kier alpha value is -2.17. The molecule has 0 atom stereocenters. The van der Waals surface area contributed by atoms with Crippen molar-refractivity contribution >= 4 is 5.84 Å². The smallest absolute Gasteiger partial charge is 0.159 e. The molecule has 0 saturated heterocycles. The first-order valence-corrected chi connectivity index (χ1v) is 6.58. The van der Waals surface area contributed by atoms with Gasteiger partial charge < -0.3 is 21.0 Å². The summed E-state index contributed by atoms with van der Waals surface area (Å²) in [5, 5.41) is 23.7. The van der Waals surface area contributed by atoms with Gasteiger partial charge in [-0.1, -0.05) is 26.0 Å². The number of phenolic OH excluding ortho intramolecular Hbond substituents is 2. The van der Waals surface area contributed by atoms with Crippen molar-refractivity contribution in [2.75, 3.05) is 13.6 Å². The summed E-state index contributed by atoms with van der Waals surface area (Å²) in [6.45, 7) is 6.50. The van der Waals surface area contributed by atoms with Crippen molar-refractivity contribution in [3.8, 4) is 11.5 Å². The van der Waals surface area contributed by atoms with Gasteiger partial charge in [0.05, 0.1) is 5.56 Å². The number of hydrogen-bond acceptors (Lipinski definition) is 4. The third kappa shape index (κ3) is 3.44. The van der Waals surface area contributed by atoms with Crippen LogP contribution < -0.4 is 5.84 Å². The van der Waals surface area contributed by atoms with E-state index in [-0.39, 0.29) is 17.4 Å². The van der Waals surface area contributed by atoms with Gasteiger partial charge >= 0.3 is 0 Å². The highest BCUT2D eigenvalue weighted by atomic mass is 16.3. The minimum atomic E-state index is -0.0385. The van der Waals surface area contributed by atoms with E-state index in [1.807, 2.05) is 44.9 Å². The van der Waals surface area contributed by atoms with Gasteiger partial charge in [-0.2, -0.15) is 5.10 Å². The summed E-state index contributed by atoms with van der Waals surface area (Å²) >= 11 is 0. The van der Waals surface area contributed by atoms with Crippen molar-refractivity contribution in [2.24, 2.45) is 10.9 Å². The number of allylic oxidation sites excluding steroid dienone is 1. The number of benzene rings is 1. The highest BCUT2D eigenvalue weighted by Gasteiger charge is 2.17. The molecule has 0 bridgehead atoms. The van der Waals surface area contributed by atoms with E-state index in [1.165, 1.54) is 6.07 Å². The molecule has 5 heteroatoms. The Kier molecular flexibility index (Phi) is 5.43. The zero-order valence-corrected chi connectivity index (χ0v) is 12.5. The summed E-state index contributed by atoms with van der Waals surface area (Å²) in [6.07, 6.45) is 3.90. The van der Waals surface area contributed by atoms with E-state index in [9.17, 15) is 10.2 Å². The minimum absolute atomic E-state index is 0.0385. The average molecular weight is 277 g/mol. The summed E-state index contributed by atoms with van der Waals surface area (Å²) < 4.78 is 0. The lowest BCUT2D eigenvalue weighted by molar-refractivity contribution is 0.441. The highest BCUT2D eigenvalue weighted by molar-refractivity contribution is 6.01. The molecule has 110 valence electrons. The summed E-state index contributed by atoms with van der Waals surface area (Å²) in [5.74, 6) is 6.11. The summed E-state index contributed by atoms with van der Waals surface area (Å²) in [6, 6.07) is 3.06. The lowest BCUT2D eigenvalue weighted by atomic mass is 9.98. The molecule has 1 aromatic rings. The van der Waals surface area contributed by atoms with Crippen LogP contribution in [0.25, 0.3) is 0 Å². The molecule has 0 heterocycles. The van der Waals surface area contributed by atoms with E-state index < -0.39 is 0 Å². The van der Waals surface area contributed by atoms with E-state index in [0.717, 1.165) is 5.56 Å². The lowest BCUT2D eigenvalue weighted by Gasteiger charge is -2.21. The first-order valence-electron chi connectivity index (χ1n) is 6.58. The maximum atomic E-state index is 10.0. The molecule has 0 radical (unpaired) electrons. The van der Waals surface area contributed by atoms with Crippen LogP contribution >= 0.6 is 0 Å². The zero-order chi connectivity index (χ0) is 15.3. The molecule has 0 saturated carbocycles. The topological polar surface area (TPSA) is 82.1 Å². The second-order valence-corrected chi connectivity index (χ2v) is 4.99. The van der Waals surface area contributed by atoms with Gasteiger partial charge in [0, 0.05) is 19.7 Å². The minimum Gasteiger partial charge on any atom is -0.508 e. The van der Waals surface area contributed by atoms with Crippen LogP contribution in [0.4, 0.5) is 0 Å². The monoisotopic (exact) mass is 277 g/mol. The standard InChI is InChI=1S/C15H23N3O2/c1-5-6-7-18(4)15(17-16)12-8-11(10(2)3)13(19)9-14(12)20/h5-6,8-10,19-20H,7,16H2,1-4H3/b6-5-,17-15-. The van der Waals surface area contributed by atoms with Crippen LogP contribution in [-0.2, 0) is 0 Å². The number of rotatable bonds is 4. The molecule has 0 aliphatic heterocycles. The number of hydrogen-bond donors (Lipinski definition) is 3. The van der Waals surface area contributed by atoms with Crippen molar-refractivity contribution in [2.45, 2.75) is 26.7 Å². The van der Waals surface area contributed by atoms with Gasteiger partial charge in [0.2, 0.25) is 0 Å². The highest BCUT2D eigenvalue weighted by Crippen LogP contribution is 2.32. The summed E-state index contributed by atoms with van der Waals surface area (Å²) in [7, 11) is 1.84. The molecular formula is C15H23N3O2. The fraction of sp³-hybridized carbons (Fsp3) is 0.400. The number of nitrogens with zero attached hydrogens (tertiary/aromatic N) is 2. The number of nitrogens with two attached hydrogens (primary N) is 1. The Balaban J connectivity index is 3.25. The number of likely N-dealkylation sites (N-methyl/N-ethyl adjacent to an activating group) is 1. The van der Waals surface area contributed by atoms with Crippen molar-refractivity contribution in [1.29, 1.82) is 0 Å². The number of amidine groups is 1. The Morgan fingerprint density at radius 3 is 2.50 bits per heavy atom. The van der Waals surface area contributed by atoms with Crippen LogP contribution in [0.2, 0.25) is 0 Å². The number of phenols is 2. The van der Waals surface area contributed by atoms with Gasteiger partial charge in [-0.15, -0.1) is 0 Å². The van der Waals surface area contributed by atoms with Gasteiger partial charge in [0.1, 0.15) is 11.5 Å². The molecule has 0 aliphatic carbocycles. The Morgan fingerprint density at radius 1 is 1.35 bits per heavy atom. The van der Waals surface area contributed by atoms with Crippen LogP contribution in [0, 0.1) is 0 Å². The lowest BCUT2D eigenvalue weighted by Crippen LogP contribution is -2.29. The van der Waals surface area contributed by atoms with Gasteiger partial charge in [-0.25, -0.2) is 0 Å². The van der Waals surface area contributed by atoms with Crippen LogP contribution in [0.15, 0.2) is 29.4 Å². The summed E-state index contributed by atoms with van der Waals surface area (Å²) in [4.78, 5) is 1.83. The Labute approximate surface area is 120 Å². The molecule has 5 nitrogen and oxygen atoms in total. The molecule has 0 fully saturated rings. The molecular weight excluding hydrogens is 254 g/mol. The predicted octanol–water partition coefficient (Wildman–Crippen LogP) is 2.35. The Bertz CT molecular complexity index is 522. The van der Waals surface area contributed by atoms with E-state index in [0.29, 0.717) is 17.9 Å². The molecule has 0 amide bonds. The fourth-order valence-electron chi connectivity index (χ4n) is 1.96. The summed E-state index contributed by atoms with van der Waals surface area (Å²) in [5.41, 5.74) is 1.26. The van der Waals surface area contributed by atoms with Gasteiger partial charge in [-0.3, -0.25) is 0 Å². The zero-order valence-electron chi connectivity index (χ0n) is 12.5. The first-order chi connectivity index (χ1) is 9.42. The fourth-order valence-corrected chi connectivity index (χ4v) is 1.96. The van der Waals surface area contributed by atoms with Crippen molar-refractivity contribution < 1.29 is 10.2 Å². The number of hydrazone groups is 1. The average Bonchev–Trinajstić information content (AvgIpc) is 2.39. The third-order valence-corrected chi connectivity index (χ3v) is 3.11. The predicted molar refractivity (Wildman–Crippen MR) is 82.0 cm³/mol. The molecule has 0 unspecified atom stereocenters. The normalized spacial score (nSPS) is 12.3. The maximum Gasteiger partial charge on any atom is 0.159 e. The quantitative estimate of drug-likeness (QED) is 0.259. The third-order valence-electron chi connectivity index (χ3n) is 3.11. The Morgan fingerprint density at radius 2 is 2.00 bits per heavy atom. The van der Waals surface area contributed by atoms with Crippen molar-refractivity contribution in [3.63, 3.8) is 0 Å². The van der Waals surface area contributed by atoms with E-state index in [4.69, 9.17) is 5.84 Å². The van der Waals surface area contributed by atoms with Crippen LogP contribution in [0.1, 0.15) is 37.8 Å². The number of aromatic hydroxyl groups is 2. The largest absolute Gasteiger partial charge is 0.508 e. The molecule has 1 aromatic carbocycles. The van der Waals surface area contributed by atoms with Crippen LogP contribution in [0.5, 0.6) is 11.5 Å². The van der Waals surface area contributed by atoms with E-state index >= 15 is 0 Å². The second kappa shape index (κ2) is 6.84. The first kappa shape index (κ1) is 15.9. The van der Waals surface area contributed by atoms with Gasteiger partial charge in [0.25, 0.3) is 0 Å². The molecule has 0 aromatic heterocycles. The maximum absolute atomic E-state index is 10.0. The van der Waals surface area contributed by atoms with E-state index in [2.05, 4.69) is 5.10 Å². The molecule has 0 aliphatic rings. The van der Waals surface area contributed by atoms with Crippen LogP contribution in [0.3, 0.4) is 0 Å².